The van der Waals surface area contributed by atoms with Crippen molar-refractivity contribution in [3.63, 3.8) is 0 Å². The highest BCUT2D eigenvalue weighted by atomic mass is 32.2. The molecule has 0 saturated heterocycles. The fourth-order valence-electron chi connectivity index (χ4n) is 8.34. The molecule has 2 aromatic heterocycles. The fraction of sp³-hybridized carbons (Fsp3) is 0. The van der Waals surface area contributed by atoms with Gasteiger partial charge in [-0.15, -0.1) is 0 Å². The second-order valence-corrected chi connectivity index (χ2v) is 16.0. The van der Waals surface area contributed by atoms with Crippen molar-refractivity contribution in [2.75, 3.05) is 0 Å². The highest BCUT2D eigenvalue weighted by Gasteiger charge is 2.22. The van der Waals surface area contributed by atoms with Gasteiger partial charge in [-0.3, -0.25) is 0 Å². The van der Waals surface area contributed by atoms with Gasteiger partial charge in [0.05, 0.1) is 44.2 Å². The maximum atomic E-state index is 5.21. The highest BCUT2D eigenvalue weighted by molar-refractivity contribution is 8.00. The Morgan fingerprint density at radius 2 is 1.02 bits per heavy atom. The summed E-state index contributed by atoms with van der Waals surface area (Å²) in [6.07, 6.45) is 0. The molecule has 2 aliphatic rings. The summed E-state index contributed by atoms with van der Waals surface area (Å²) in [5, 5.41) is 7.04. The van der Waals surface area contributed by atoms with E-state index in [-0.39, 0.29) is 0 Å². The first-order valence-corrected chi connectivity index (χ1v) is 19.7. The second kappa shape index (κ2) is 11.6. The molecule has 6 heteroatoms. The summed E-state index contributed by atoms with van der Waals surface area (Å²) in [5.74, 6) is 0. The van der Waals surface area contributed by atoms with Crippen LogP contribution in [0.5, 0.6) is 0 Å². The summed E-state index contributed by atoms with van der Waals surface area (Å²) in [6.45, 7) is 0. The molecule has 0 saturated carbocycles. The Morgan fingerprint density at radius 3 is 1.85 bits per heavy atom. The maximum absolute atomic E-state index is 5.21. The van der Waals surface area contributed by atoms with Crippen LogP contribution in [0.3, 0.4) is 0 Å². The van der Waals surface area contributed by atoms with Crippen molar-refractivity contribution in [2.45, 2.75) is 19.6 Å². The molecule has 12 rings (SSSR count). The molecular weight excluding hydrogens is 697 g/mol. The van der Waals surface area contributed by atoms with E-state index in [1.54, 1.807) is 23.5 Å². The summed E-state index contributed by atoms with van der Waals surface area (Å²) in [6, 6.07) is 61.3. The smallest absolute Gasteiger partial charge is 0.0789 e. The van der Waals surface area contributed by atoms with Crippen LogP contribution in [0, 0.1) is 0 Å². The van der Waals surface area contributed by atoms with Crippen LogP contribution in [0.1, 0.15) is 0 Å². The Balaban J connectivity index is 1.02. The summed E-state index contributed by atoms with van der Waals surface area (Å²) in [7, 11) is 0. The minimum Gasteiger partial charge on any atom is -0.309 e. The van der Waals surface area contributed by atoms with Crippen molar-refractivity contribution in [1.29, 1.82) is 0 Å². The first-order chi connectivity index (χ1) is 26.7. The topological polar surface area (TPSA) is 34.6 Å². The molecule has 0 unspecified atom stereocenters. The third-order valence-electron chi connectivity index (χ3n) is 10.7. The van der Waals surface area contributed by atoms with Crippen LogP contribution in [0.2, 0.25) is 0 Å². The number of hydrogen-bond acceptors (Lipinski definition) is 4. The quantitative estimate of drug-likeness (QED) is 0.182. The van der Waals surface area contributed by atoms with Gasteiger partial charge in [-0.25, -0.2) is 9.98 Å². The van der Waals surface area contributed by atoms with E-state index in [2.05, 4.69) is 173 Å². The lowest BCUT2D eigenvalue weighted by Crippen LogP contribution is -2.17. The summed E-state index contributed by atoms with van der Waals surface area (Å²) in [4.78, 5) is 14.8. The van der Waals surface area contributed by atoms with E-state index in [4.69, 9.17) is 9.98 Å². The van der Waals surface area contributed by atoms with E-state index in [0.717, 1.165) is 59.3 Å². The van der Waals surface area contributed by atoms with Gasteiger partial charge >= 0.3 is 0 Å². The van der Waals surface area contributed by atoms with Crippen LogP contribution in [-0.2, 0) is 0 Å². The predicted molar refractivity (Wildman–Crippen MR) is 223 cm³/mol. The molecule has 4 nitrogen and oxygen atoms in total. The number of fused-ring (bicyclic) bond motifs is 11. The third kappa shape index (κ3) is 4.47. The Bertz CT molecular complexity index is 3340. The summed E-state index contributed by atoms with van der Waals surface area (Å²) in [5.41, 5.74) is 11.4. The van der Waals surface area contributed by atoms with E-state index in [0.29, 0.717) is 0 Å². The van der Waals surface area contributed by atoms with Gasteiger partial charge in [0, 0.05) is 52.5 Å². The van der Waals surface area contributed by atoms with Crippen molar-refractivity contribution >= 4 is 78.5 Å². The fourth-order valence-corrected chi connectivity index (χ4v) is 10.3. The lowest BCUT2D eigenvalue weighted by molar-refractivity contribution is 1.07. The van der Waals surface area contributed by atoms with Crippen molar-refractivity contribution < 1.29 is 0 Å². The summed E-state index contributed by atoms with van der Waals surface area (Å²) >= 11 is 3.55. The number of nitrogens with zero attached hydrogens (tertiary/aromatic N) is 4. The zero-order chi connectivity index (χ0) is 35.3. The van der Waals surface area contributed by atoms with Gasteiger partial charge in [-0.2, -0.15) is 0 Å². The van der Waals surface area contributed by atoms with Crippen LogP contribution >= 0.6 is 23.5 Å². The summed E-state index contributed by atoms with van der Waals surface area (Å²) < 4.78 is 4.87. The number of aromatic nitrogens is 2. The van der Waals surface area contributed by atoms with Crippen LogP contribution in [0.4, 0.5) is 11.4 Å². The largest absolute Gasteiger partial charge is 0.309 e. The standard InChI is InChI=1S/C48H28N4S2/c1-2-12-31(13-3-1)52-40-18-7-4-15-33(40)34-22-23-42-47(48(34)52)35-16-5-8-19-41(35)51(42)32-14-10-11-29(25-32)30-21-24-44-37(26-30)50-39-28-45-38(27-46(39)54-44)49-36-17-6-9-20-43(36)53-45/h1-28H. The second-order valence-electron chi connectivity index (χ2n) is 13.8. The van der Waals surface area contributed by atoms with Gasteiger partial charge < -0.3 is 9.13 Å². The first kappa shape index (κ1) is 30.2. The van der Waals surface area contributed by atoms with Gasteiger partial charge in [0.1, 0.15) is 0 Å². The average Bonchev–Trinajstić information content (AvgIpc) is 3.74. The van der Waals surface area contributed by atoms with Gasteiger partial charge in [-0.05, 0) is 90.0 Å². The number of hydrogen-bond donors (Lipinski definition) is 0. The molecule has 0 spiro atoms. The molecule has 0 amide bonds. The predicted octanol–water partition coefficient (Wildman–Crippen LogP) is 12.4. The van der Waals surface area contributed by atoms with Gasteiger partial charge in [-0.1, -0.05) is 115 Å². The van der Waals surface area contributed by atoms with Crippen molar-refractivity contribution in [1.82, 2.24) is 9.13 Å². The molecule has 0 bridgehead atoms. The van der Waals surface area contributed by atoms with Crippen LogP contribution in [0.25, 0.3) is 66.1 Å². The zero-order valence-electron chi connectivity index (χ0n) is 28.8. The monoisotopic (exact) mass is 724 g/mol. The third-order valence-corrected chi connectivity index (χ3v) is 12.9. The highest BCUT2D eigenvalue weighted by Crippen LogP contribution is 2.44. The van der Waals surface area contributed by atoms with Crippen molar-refractivity contribution in [3.05, 3.63) is 181 Å². The van der Waals surface area contributed by atoms with Crippen molar-refractivity contribution in [3.8, 4) is 22.5 Å². The molecule has 0 N–H and O–H groups in total. The molecule has 10 aromatic rings. The Hall–Kier alpha value is -6.34. The molecule has 8 aromatic carbocycles. The molecule has 2 aliphatic heterocycles. The molecule has 0 atom stereocenters. The normalized spacial score (nSPS) is 13.0. The van der Waals surface area contributed by atoms with Crippen LogP contribution in [0.15, 0.2) is 199 Å². The van der Waals surface area contributed by atoms with E-state index >= 15 is 0 Å². The van der Waals surface area contributed by atoms with Gasteiger partial charge in [0.15, 0.2) is 0 Å². The van der Waals surface area contributed by atoms with E-state index < -0.39 is 0 Å². The first-order valence-electron chi connectivity index (χ1n) is 18.1. The Morgan fingerprint density at radius 1 is 0.370 bits per heavy atom. The van der Waals surface area contributed by atoms with Crippen LogP contribution in [-0.4, -0.2) is 9.13 Å². The molecule has 0 aliphatic carbocycles. The Kier molecular flexibility index (Phi) is 6.47. The molecule has 252 valence electrons. The number of rotatable bonds is 3. The van der Waals surface area contributed by atoms with E-state index in [9.17, 15) is 0 Å². The lowest BCUT2D eigenvalue weighted by atomic mass is 10.0. The number of benzene rings is 8. The molecular formula is C48H28N4S2. The lowest BCUT2D eigenvalue weighted by Gasteiger charge is -2.17. The van der Waals surface area contributed by atoms with E-state index in [1.807, 2.05) is 6.07 Å². The minimum absolute atomic E-state index is 1.00. The number of para-hydroxylation sites is 4. The zero-order valence-corrected chi connectivity index (χ0v) is 30.4. The SMILES string of the molecule is c1ccc(-n2c3ccccc3c3ccc4c(c5ccccc5n4-c4cccc(-c5ccc6c(c5)N=c5cc7c(cc5S6)=Nc5ccccc5S7)c4)c32)cc1. The average molecular weight is 725 g/mol. The molecule has 4 heterocycles. The Labute approximate surface area is 318 Å². The molecule has 54 heavy (non-hydrogen) atoms. The van der Waals surface area contributed by atoms with E-state index in [1.165, 1.54) is 48.5 Å². The van der Waals surface area contributed by atoms with Gasteiger partial charge in [0.25, 0.3) is 0 Å². The van der Waals surface area contributed by atoms with Crippen molar-refractivity contribution in [2.24, 2.45) is 9.98 Å². The van der Waals surface area contributed by atoms with Crippen LogP contribution < -0.4 is 10.7 Å². The molecule has 0 radical (unpaired) electrons. The van der Waals surface area contributed by atoms with Gasteiger partial charge in [0.2, 0.25) is 0 Å². The molecule has 0 fully saturated rings. The maximum Gasteiger partial charge on any atom is 0.0789 e. The minimum atomic E-state index is 1.00.